The maximum Gasteiger partial charge on any atom is 0.261 e. The SMILES string of the molecule is Cc1noc2cc(-n3c(=O)c4c(n5ncc(Cc6ccccc6)c35)CN(C(=O)c3ccc(Br)c(Cl)c3)CC4)ccc12. The fraction of sp³-hybridized carbons (Fsp3) is 0.161. The minimum atomic E-state index is -0.148. The van der Waals surface area contributed by atoms with Crippen LogP contribution in [0.4, 0.5) is 0 Å². The maximum absolute atomic E-state index is 14.3. The zero-order valence-electron chi connectivity index (χ0n) is 22.0. The van der Waals surface area contributed by atoms with Crippen molar-refractivity contribution in [3.63, 3.8) is 0 Å². The maximum atomic E-state index is 14.3. The van der Waals surface area contributed by atoms with Crippen LogP contribution in [0, 0.1) is 6.92 Å². The van der Waals surface area contributed by atoms with E-state index in [4.69, 9.17) is 21.2 Å². The molecule has 0 unspecified atom stereocenters. The first kappa shape index (κ1) is 25.7. The van der Waals surface area contributed by atoms with Gasteiger partial charge in [0.2, 0.25) is 0 Å². The largest absolute Gasteiger partial charge is 0.356 e. The van der Waals surface area contributed by atoms with Crippen LogP contribution in [0.1, 0.15) is 38.4 Å². The lowest BCUT2D eigenvalue weighted by atomic mass is 10.0. The van der Waals surface area contributed by atoms with Crippen LogP contribution < -0.4 is 5.56 Å². The van der Waals surface area contributed by atoms with E-state index in [0.717, 1.165) is 26.7 Å². The molecule has 0 bridgehead atoms. The Morgan fingerprint density at radius 1 is 1.10 bits per heavy atom. The van der Waals surface area contributed by atoms with Gasteiger partial charge in [-0.05, 0) is 65.2 Å². The second-order valence-electron chi connectivity index (χ2n) is 10.2. The van der Waals surface area contributed by atoms with E-state index in [2.05, 4.69) is 33.2 Å². The van der Waals surface area contributed by atoms with Crippen molar-refractivity contribution in [3.8, 4) is 5.69 Å². The molecule has 0 saturated heterocycles. The normalized spacial score (nSPS) is 13.2. The van der Waals surface area contributed by atoms with E-state index in [1.807, 2.05) is 54.0 Å². The summed E-state index contributed by atoms with van der Waals surface area (Å²) in [5.74, 6) is -0.148. The van der Waals surface area contributed by atoms with Gasteiger partial charge in [0.05, 0.1) is 34.8 Å². The van der Waals surface area contributed by atoms with E-state index in [1.165, 1.54) is 0 Å². The monoisotopic (exact) mass is 627 g/mol. The zero-order valence-corrected chi connectivity index (χ0v) is 24.3. The summed E-state index contributed by atoms with van der Waals surface area (Å²) in [7, 11) is 0. The molecular weight excluding hydrogens is 606 g/mol. The molecule has 0 atom stereocenters. The molecule has 0 spiro atoms. The molecule has 1 aliphatic heterocycles. The quantitative estimate of drug-likeness (QED) is 0.234. The summed E-state index contributed by atoms with van der Waals surface area (Å²) < 4.78 is 9.80. The van der Waals surface area contributed by atoms with Crippen molar-refractivity contribution >= 4 is 50.1 Å². The van der Waals surface area contributed by atoms with Crippen LogP contribution in [0.15, 0.2) is 86.7 Å². The van der Waals surface area contributed by atoms with Crippen LogP contribution in [0.3, 0.4) is 0 Å². The highest BCUT2D eigenvalue weighted by Gasteiger charge is 2.29. The minimum Gasteiger partial charge on any atom is -0.356 e. The van der Waals surface area contributed by atoms with Gasteiger partial charge in [-0.2, -0.15) is 5.10 Å². The molecule has 0 saturated carbocycles. The van der Waals surface area contributed by atoms with Crippen LogP contribution in [-0.2, 0) is 19.4 Å². The van der Waals surface area contributed by atoms with Gasteiger partial charge < -0.3 is 9.42 Å². The smallest absolute Gasteiger partial charge is 0.261 e. The van der Waals surface area contributed by atoms with Crippen molar-refractivity contribution in [1.29, 1.82) is 0 Å². The number of carbonyl (C=O) groups is 1. The number of amides is 1. The number of benzene rings is 3. The number of nitrogens with zero attached hydrogens (tertiary/aromatic N) is 5. The lowest BCUT2D eigenvalue weighted by molar-refractivity contribution is 0.0729. The Morgan fingerprint density at radius 2 is 1.93 bits per heavy atom. The first-order valence-corrected chi connectivity index (χ1v) is 14.3. The van der Waals surface area contributed by atoms with Crippen LogP contribution in [0.5, 0.6) is 0 Å². The second-order valence-corrected chi connectivity index (χ2v) is 11.4. The molecule has 0 fully saturated rings. The van der Waals surface area contributed by atoms with Crippen LogP contribution in [0.25, 0.3) is 22.3 Å². The number of halogens is 2. The molecule has 3 aromatic carbocycles. The molecule has 0 N–H and O–H groups in total. The molecule has 6 aromatic rings. The van der Waals surface area contributed by atoms with Crippen molar-refractivity contribution in [2.24, 2.45) is 0 Å². The second kappa shape index (κ2) is 10.0. The first-order chi connectivity index (χ1) is 19.9. The van der Waals surface area contributed by atoms with Gasteiger partial charge in [-0.3, -0.25) is 14.2 Å². The Bertz CT molecular complexity index is 2050. The van der Waals surface area contributed by atoms with Crippen molar-refractivity contribution in [3.05, 3.63) is 126 Å². The Balaban J connectivity index is 1.39. The lowest BCUT2D eigenvalue weighted by Crippen LogP contribution is -2.41. The predicted molar refractivity (Wildman–Crippen MR) is 160 cm³/mol. The lowest BCUT2D eigenvalue weighted by Gasteiger charge is -2.29. The third kappa shape index (κ3) is 4.36. The minimum absolute atomic E-state index is 0.128. The average Bonchev–Trinajstić information content (AvgIpc) is 3.57. The number of hydrogen-bond acceptors (Lipinski definition) is 5. The van der Waals surface area contributed by atoms with Crippen LogP contribution in [-0.4, -0.2) is 36.7 Å². The number of fused-ring (bicyclic) bond motifs is 4. The zero-order chi connectivity index (χ0) is 28.2. The van der Waals surface area contributed by atoms with Crippen LogP contribution >= 0.6 is 27.5 Å². The number of aromatic nitrogens is 4. The first-order valence-electron chi connectivity index (χ1n) is 13.2. The molecule has 4 heterocycles. The third-order valence-electron chi connectivity index (χ3n) is 7.65. The van der Waals surface area contributed by atoms with E-state index in [9.17, 15) is 9.59 Å². The predicted octanol–water partition coefficient (Wildman–Crippen LogP) is 6.14. The molecule has 0 radical (unpaired) electrons. The van der Waals surface area contributed by atoms with Gasteiger partial charge in [0.1, 0.15) is 5.65 Å². The van der Waals surface area contributed by atoms with Gasteiger partial charge >= 0.3 is 0 Å². The van der Waals surface area contributed by atoms with Crippen molar-refractivity contribution in [2.45, 2.75) is 26.3 Å². The van der Waals surface area contributed by atoms with E-state index in [1.54, 1.807) is 27.7 Å². The average molecular weight is 629 g/mol. The number of rotatable bonds is 4. The van der Waals surface area contributed by atoms with Gasteiger partial charge in [0, 0.05) is 45.6 Å². The Hall–Kier alpha value is -4.21. The summed E-state index contributed by atoms with van der Waals surface area (Å²) in [6, 6.07) is 20.9. The van der Waals surface area contributed by atoms with Gasteiger partial charge in [0.15, 0.2) is 5.58 Å². The highest BCUT2D eigenvalue weighted by molar-refractivity contribution is 9.10. The van der Waals surface area contributed by atoms with E-state index >= 15 is 0 Å². The van der Waals surface area contributed by atoms with E-state index < -0.39 is 0 Å². The highest BCUT2D eigenvalue weighted by Crippen LogP contribution is 2.28. The number of aryl methyl sites for hydroxylation is 1. The van der Waals surface area contributed by atoms with Crippen LogP contribution in [0.2, 0.25) is 5.02 Å². The molecule has 8 nitrogen and oxygen atoms in total. The molecule has 41 heavy (non-hydrogen) atoms. The summed E-state index contributed by atoms with van der Waals surface area (Å²) >= 11 is 9.66. The van der Waals surface area contributed by atoms with Crippen molar-refractivity contribution in [2.75, 3.05) is 6.54 Å². The van der Waals surface area contributed by atoms with Gasteiger partial charge in [-0.25, -0.2) is 4.52 Å². The molecule has 1 aliphatic rings. The summed E-state index contributed by atoms with van der Waals surface area (Å²) in [6.07, 6.45) is 2.80. The molecule has 1 amide bonds. The van der Waals surface area contributed by atoms with Gasteiger partial charge in [0.25, 0.3) is 11.5 Å². The Labute approximate surface area is 247 Å². The summed E-state index contributed by atoms with van der Waals surface area (Å²) in [5.41, 5.74) is 6.44. The fourth-order valence-electron chi connectivity index (χ4n) is 5.57. The summed E-state index contributed by atoms with van der Waals surface area (Å²) in [4.78, 5) is 29.5. The fourth-order valence-corrected chi connectivity index (χ4v) is 6.00. The standard InChI is InChI=1S/C31H23BrClN5O3/c1-18-23-9-8-22(15-28(23)41-35-18)37-29-21(13-19-5-3-2-4-6-19)16-34-38(29)27-17-36(12-11-24(27)31(37)40)30(39)20-7-10-25(32)26(33)14-20/h2-10,14-16H,11-13,17H2,1H3. The molecule has 0 aliphatic carbocycles. The van der Waals surface area contributed by atoms with Crippen molar-refractivity contribution < 1.29 is 9.32 Å². The topological polar surface area (TPSA) is 85.6 Å². The molecule has 204 valence electrons. The van der Waals surface area contributed by atoms with E-state index in [0.29, 0.717) is 58.1 Å². The third-order valence-corrected chi connectivity index (χ3v) is 8.88. The molecular formula is C31H23BrClN5O3. The van der Waals surface area contributed by atoms with E-state index in [-0.39, 0.29) is 18.0 Å². The van der Waals surface area contributed by atoms with Crippen molar-refractivity contribution in [1.82, 2.24) is 24.2 Å². The van der Waals surface area contributed by atoms with Gasteiger partial charge in [-0.1, -0.05) is 47.1 Å². The highest BCUT2D eigenvalue weighted by atomic mass is 79.9. The molecule has 10 heteroatoms. The Kier molecular flexibility index (Phi) is 6.28. The Morgan fingerprint density at radius 3 is 2.73 bits per heavy atom. The molecule has 7 rings (SSSR count). The summed E-state index contributed by atoms with van der Waals surface area (Å²) in [6.45, 7) is 2.54. The molecule has 3 aromatic heterocycles. The number of carbonyl (C=O) groups excluding carboxylic acids is 1. The number of hydrogen-bond donors (Lipinski definition) is 0. The summed E-state index contributed by atoms with van der Waals surface area (Å²) in [5, 5.41) is 10.2. The van der Waals surface area contributed by atoms with Gasteiger partial charge in [-0.15, -0.1) is 0 Å².